The predicted octanol–water partition coefficient (Wildman–Crippen LogP) is 1.52. The molecule has 5 saturated heterocycles. The maximum atomic E-state index is 14.6. The molecule has 42 nitrogen and oxygen atoms in total. The lowest BCUT2D eigenvalue weighted by molar-refractivity contribution is -0.282. The number of unbranched alkanes of at least 4 members (excludes halogenated alkanes) is 8. The van der Waals surface area contributed by atoms with Gasteiger partial charge in [-0.15, -0.1) is 0 Å². The number of hydrogen-bond acceptors (Lipinski definition) is 38. The number of Topliss-reactive ketones (excluding diaryl/α,β-unsaturated/α-hetero) is 5. The first-order valence-electron chi connectivity index (χ1n) is 45.5. The number of hydrogen-bond donors (Lipinski definition) is 12. The molecule has 0 bridgehead atoms. The van der Waals surface area contributed by atoms with Gasteiger partial charge in [0.25, 0.3) is 7.82 Å². The summed E-state index contributed by atoms with van der Waals surface area (Å²) >= 11 is 0. The van der Waals surface area contributed by atoms with E-state index in [1.165, 1.54) is 31.1 Å². The van der Waals surface area contributed by atoms with Gasteiger partial charge in [-0.3, -0.25) is 47.5 Å². The Hall–Kier alpha value is -5.23. The summed E-state index contributed by atoms with van der Waals surface area (Å²) in [7, 11) is -9.90. The summed E-state index contributed by atoms with van der Waals surface area (Å²) in [5.41, 5.74) is -1.40. The second-order valence-corrected chi connectivity index (χ2v) is 38.5. The van der Waals surface area contributed by atoms with E-state index in [2.05, 4.69) is 25.6 Å². The van der Waals surface area contributed by atoms with Crippen molar-refractivity contribution >= 4 is 73.2 Å². The van der Waals surface area contributed by atoms with E-state index >= 15 is 0 Å². The molecule has 3 amide bonds. The van der Waals surface area contributed by atoms with Gasteiger partial charge in [-0.1, -0.05) is 47.5 Å². The maximum Gasteiger partial charge on any atom is 0.268 e. The molecule has 2 aromatic heterocycles. The highest BCUT2D eigenvalue weighted by Crippen LogP contribution is 2.49. The first-order valence-corrected chi connectivity index (χ1v) is 48.5. The van der Waals surface area contributed by atoms with Gasteiger partial charge in [0, 0.05) is 133 Å². The molecule has 738 valence electrons. The quantitative estimate of drug-likeness (QED) is 0.0254. The number of aliphatic hydroxyl groups is 10. The standard InChI is InChI=1S/C85H143N7O35P2/c1-53(2)128(111,112)121-47-69-65(40-73(123-69)92-52-89-74-57(6)87-51-88-81(74)92)127-129(113,114)122-46-58-39-64(101)42-91(58)72(104)41-71(103)90-85(48-115-36-29-62(99)23-11-7-9-21-59(96)26-14-18-33-118-82-54(3)75(105)78(108)66(43-93)124-82,49-116-37-30-63(100)24-12-8-10-22-60(97)27-15-19-34-119-83-55(4)76(106)79(109)67(44-94)125-83)50-117-38-31-70(102)86-32-17-13-25-61(98)28-16-20-35-120-84-56(5)77(107)80(110)68(45-95)126-84/h51-56,58,64-69,73,75-80,82-84,93-95,101,105-110H,7-50H2,1-6H3,(H,86,102)(H,90,103)(H,111,112)(H,113,114)/p-2/t54?,55?,56?,58-,64?,65+,66?,67?,68?,69-,73-,75-,76-,77-,78+,79+,80+,82-,83-,84-,85?/m1/s1. The zero-order valence-electron chi connectivity index (χ0n) is 75.2. The number of imidazole rings is 1. The third-order valence-corrected chi connectivity index (χ3v) is 26.6. The van der Waals surface area contributed by atoms with Gasteiger partial charge in [-0.05, 0) is 90.4 Å². The number of phosphoric acid groups is 1. The summed E-state index contributed by atoms with van der Waals surface area (Å²) in [4.78, 5) is 148. The van der Waals surface area contributed by atoms with Gasteiger partial charge < -0.3 is 142 Å². The minimum Gasteiger partial charge on any atom is -0.778 e. The lowest BCUT2D eigenvalue weighted by atomic mass is 9.92. The van der Waals surface area contributed by atoms with Crippen LogP contribution in [0, 0.1) is 24.7 Å². The smallest absolute Gasteiger partial charge is 0.268 e. The van der Waals surface area contributed by atoms with Gasteiger partial charge in [0.05, 0.1) is 121 Å². The molecule has 0 spiro atoms. The average Bonchev–Trinajstić information content (AvgIpc) is 1.63. The molecule has 44 heteroatoms. The van der Waals surface area contributed by atoms with Crippen LogP contribution in [0.25, 0.3) is 11.2 Å². The summed E-state index contributed by atoms with van der Waals surface area (Å²) in [6, 6.07) is -1.17. The molecule has 2 aromatic rings. The van der Waals surface area contributed by atoms with Crippen LogP contribution in [0.4, 0.5) is 0 Å². The van der Waals surface area contributed by atoms with Gasteiger partial charge in [0.1, 0.15) is 109 Å². The second-order valence-electron chi connectivity index (χ2n) is 34.8. The van der Waals surface area contributed by atoms with Crippen LogP contribution in [0.15, 0.2) is 12.7 Å². The Morgan fingerprint density at radius 2 is 0.938 bits per heavy atom. The highest BCUT2D eigenvalue weighted by Gasteiger charge is 2.47. The number of likely N-dealkylation sites (tertiary alicyclic amines) is 1. The Labute approximate surface area is 753 Å². The van der Waals surface area contributed by atoms with Crippen LogP contribution in [0.1, 0.15) is 226 Å². The van der Waals surface area contributed by atoms with Crippen molar-refractivity contribution in [3.63, 3.8) is 0 Å². The average molecular weight is 1880 g/mol. The topological polar surface area (TPSA) is 610 Å². The molecule has 12 N–H and O–H groups in total. The Morgan fingerprint density at radius 1 is 0.512 bits per heavy atom. The minimum atomic E-state index is -5.42. The third-order valence-electron chi connectivity index (χ3n) is 23.8. The van der Waals surface area contributed by atoms with Crippen LogP contribution in [-0.4, -0.2) is 337 Å². The van der Waals surface area contributed by atoms with Crippen molar-refractivity contribution in [2.24, 2.45) is 17.8 Å². The van der Waals surface area contributed by atoms with E-state index in [4.69, 9.17) is 60.9 Å². The lowest BCUT2D eigenvalue weighted by Crippen LogP contribution is -2.59. The van der Waals surface area contributed by atoms with Crippen molar-refractivity contribution in [3.8, 4) is 0 Å². The van der Waals surface area contributed by atoms with E-state index in [0.29, 0.717) is 120 Å². The van der Waals surface area contributed by atoms with Gasteiger partial charge >= 0.3 is 0 Å². The molecule has 9 unspecified atom stereocenters. The van der Waals surface area contributed by atoms with Crippen LogP contribution in [-0.2, 0) is 108 Å². The van der Waals surface area contributed by atoms with Crippen LogP contribution in [0.2, 0.25) is 0 Å². The number of aliphatic hydroxyl groups excluding tert-OH is 10. The normalized spacial score (nSPS) is 28.1. The van der Waals surface area contributed by atoms with Crippen LogP contribution >= 0.6 is 15.4 Å². The van der Waals surface area contributed by atoms with Crippen molar-refractivity contribution in [3.05, 3.63) is 18.3 Å². The van der Waals surface area contributed by atoms with E-state index in [-0.39, 0.29) is 152 Å². The maximum absolute atomic E-state index is 14.6. The number of ether oxygens (including phenoxy) is 10. The fraction of sp³-hybridized carbons (Fsp3) is 0.847. The van der Waals surface area contributed by atoms with E-state index in [9.17, 15) is 108 Å². The van der Waals surface area contributed by atoms with Crippen molar-refractivity contribution in [1.29, 1.82) is 0 Å². The molecule has 129 heavy (non-hydrogen) atoms. The fourth-order valence-electron chi connectivity index (χ4n) is 15.7. The monoisotopic (exact) mass is 1880 g/mol. The summed E-state index contributed by atoms with van der Waals surface area (Å²) in [6.45, 7) is 5.10. The molecular weight excluding hydrogens is 1740 g/mol. The molecule has 22 atom stereocenters. The van der Waals surface area contributed by atoms with Gasteiger partial charge in [0.2, 0.25) is 17.7 Å². The van der Waals surface area contributed by atoms with Gasteiger partial charge in [0.15, 0.2) is 24.5 Å². The number of aryl methyl sites for hydroxylation is 1. The predicted molar refractivity (Wildman–Crippen MR) is 452 cm³/mol. The first kappa shape index (κ1) is 111. The Morgan fingerprint density at radius 3 is 1.38 bits per heavy atom. The van der Waals surface area contributed by atoms with Crippen LogP contribution < -0.4 is 20.4 Å². The largest absolute Gasteiger partial charge is 0.778 e. The number of phosphoric ester groups is 1. The molecular formula is C85H141N7O35P2-2. The van der Waals surface area contributed by atoms with Gasteiger partial charge in [-0.2, -0.15) is 0 Å². The lowest BCUT2D eigenvalue weighted by Gasteiger charge is -2.40. The summed E-state index contributed by atoms with van der Waals surface area (Å²) in [5, 5.41) is 107. The molecule has 0 aromatic carbocycles. The van der Waals surface area contributed by atoms with Crippen LogP contribution in [0.3, 0.4) is 0 Å². The number of aromatic nitrogens is 4. The molecule has 7 heterocycles. The van der Waals surface area contributed by atoms with Crippen molar-refractivity contribution < 1.29 is 169 Å². The highest BCUT2D eigenvalue weighted by atomic mass is 31.2. The molecule has 0 radical (unpaired) electrons. The van der Waals surface area contributed by atoms with Crippen molar-refractivity contribution in [1.82, 2.24) is 35.1 Å². The Bertz CT molecular complexity index is 3620. The van der Waals surface area contributed by atoms with Crippen LogP contribution in [0.5, 0.6) is 0 Å². The van der Waals surface area contributed by atoms with E-state index < -0.39 is 226 Å². The first-order chi connectivity index (χ1) is 61.5. The number of nitrogens with zero attached hydrogens (tertiary/aromatic N) is 5. The molecule has 7 rings (SSSR count). The molecule has 5 aliphatic rings. The summed E-state index contributed by atoms with van der Waals surface area (Å²) < 4.78 is 103. The van der Waals surface area contributed by atoms with Gasteiger partial charge in [-0.25, -0.2) is 15.0 Å². The zero-order valence-corrected chi connectivity index (χ0v) is 77.0. The second kappa shape index (κ2) is 57.0. The molecule has 5 aliphatic heterocycles. The fourth-order valence-corrected chi connectivity index (χ4v) is 17.3. The Kier molecular flexibility index (Phi) is 48.9. The Balaban J connectivity index is 0.953. The zero-order chi connectivity index (χ0) is 94.4. The minimum absolute atomic E-state index is 0.00342. The summed E-state index contributed by atoms with van der Waals surface area (Å²) in [5.74, 6) is -4.24. The van der Waals surface area contributed by atoms with E-state index in [1.54, 1.807) is 27.7 Å². The number of carbonyl (C=O) groups is 8. The number of rotatable bonds is 66. The van der Waals surface area contributed by atoms with E-state index in [1.807, 2.05) is 0 Å². The van der Waals surface area contributed by atoms with Crippen molar-refractivity contribution in [2.45, 2.75) is 337 Å². The number of β-amino-alcohol motifs (C(OH)–C–C–N with tert-alkyl or cyclic N) is 1. The number of ketones is 5. The van der Waals surface area contributed by atoms with E-state index in [0.717, 1.165) is 4.90 Å². The molecule has 0 saturated carbocycles. The molecule has 0 aliphatic carbocycles. The SMILES string of the molecule is Cc1ncnc2c1ncn2[C@H]1C[C@H](OP(=O)([O-])OC[C@H]2CC(O)CN2C(=O)CC(=O)NC(COCCC(=O)CCCCCC(=O)CCCCO[C@@H]2OC(CO)[C@H](O)[C@H](O)C2C)(COCCC(=O)CCCCCC(=O)CCCCO[C@@H]2OC(CO)[C@H](O)[C@H](O)C2C)COCCC(=O)NCCCCC(=O)CCCCO[C@@H]2OC(CO)[C@H](O)[C@H](O)C2C)[C@@H](COP(=O)([O-])C(C)C)O1. The number of nitrogens with one attached hydrogen (secondary N) is 2. The number of fused-ring (bicyclic) bond motifs is 1. The van der Waals surface area contributed by atoms with Crippen molar-refractivity contribution in [2.75, 3.05) is 106 Å². The number of amides is 3. The molecule has 5 fully saturated rings. The highest BCUT2D eigenvalue weighted by molar-refractivity contribution is 7.52. The number of carbonyl (C=O) groups excluding carboxylic acids is 8. The third kappa shape index (κ3) is 37.1. The summed E-state index contributed by atoms with van der Waals surface area (Å²) in [6.07, 6.45) is -7.65.